The lowest BCUT2D eigenvalue weighted by Gasteiger charge is -2.34. The van der Waals surface area contributed by atoms with Crippen LogP contribution in [0, 0.1) is 0 Å². The number of thiophene rings is 1. The van der Waals surface area contributed by atoms with Gasteiger partial charge in [-0.2, -0.15) is 0 Å². The third kappa shape index (κ3) is 6.25. The largest absolute Gasteiger partial charge is 0.311 e. The molecule has 0 amide bonds. The minimum atomic E-state index is -0.471. The SMILES string of the molecule is c1ccc(C2(c3ccc(N(c4ccc(-c5cccc(-c6ccc7sc8ccccc8c7c6)c5)cc4)c4ccc(-n5c6ccccc6c6ccccc65)cc4)cc3)c3ccccc3-c3ccccc32)cc1. The number of anilines is 3. The van der Waals surface area contributed by atoms with Crippen molar-refractivity contribution in [1.29, 1.82) is 0 Å². The lowest BCUT2D eigenvalue weighted by atomic mass is 9.68. The minimum Gasteiger partial charge on any atom is -0.311 e. The van der Waals surface area contributed by atoms with Gasteiger partial charge in [0.15, 0.2) is 0 Å². The van der Waals surface area contributed by atoms with Crippen molar-refractivity contribution in [1.82, 2.24) is 4.57 Å². The Bertz CT molecular complexity index is 4010. The van der Waals surface area contributed by atoms with E-state index < -0.39 is 5.41 Å². The highest BCUT2D eigenvalue weighted by atomic mass is 32.1. The Morgan fingerprint density at radius 3 is 1.44 bits per heavy atom. The molecule has 0 aliphatic heterocycles. The predicted molar refractivity (Wildman–Crippen MR) is 297 cm³/mol. The maximum absolute atomic E-state index is 2.39. The van der Waals surface area contributed by atoms with Crippen molar-refractivity contribution in [3.05, 3.63) is 289 Å². The smallest absolute Gasteiger partial charge is 0.0713 e. The van der Waals surface area contributed by atoms with Gasteiger partial charge < -0.3 is 9.47 Å². The average molecular weight is 909 g/mol. The van der Waals surface area contributed by atoms with Gasteiger partial charge in [0, 0.05) is 53.7 Å². The zero-order valence-electron chi connectivity index (χ0n) is 38.2. The van der Waals surface area contributed by atoms with Crippen molar-refractivity contribution in [3.8, 4) is 39.1 Å². The minimum absolute atomic E-state index is 0.471. The van der Waals surface area contributed by atoms with Gasteiger partial charge in [0.25, 0.3) is 0 Å². The van der Waals surface area contributed by atoms with Crippen molar-refractivity contribution in [2.45, 2.75) is 5.41 Å². The first-order valence-electron chi connectivity index (χ1n) is 24.1. The molecule has 0 saturated carbocycles. The molecule has 1 aliphatic carbocycles. The fourth-order valence-corrected chi connectivity index (χ4v) is 12.6. The van der Waals surface area contributed by atoms with Gasteiger partial charge in [-0.15, -0.1) is 11.3 Å². The number of nitrogens with zero attached hydrogens (tertiary/aromatic N) is 2. The van der Waals surface area contributed by atoms with E-state index >= 15 is 0 Å². The predicted octanol–water partition coefficient (Wildman–Crippen LogP) is 18.3. The van der Waals surface area contributed by atoms with Crippen LogP contribution in [0.15, 0.2) is 267 Å². The standard InChI is InChI=1S/C67H44N2S/c1-2-17-49(18-3-1)67(61-24-9-4-19-55(61)56-20-5-10-25-62(56)67)50-32-36-52(37-33-50)68(53-38-40-54(41-39-53)69-63-26-11-6-21-57(63)58-22-7-12-27-64(58)69)51-34-29-45(30-35-51)46-15-14-16-47(43-46)48-31-42-66-60(44-48)59-23-8-13-28-65(59)70-66/h1-44H. The van der Waals surface area contributed by atoms with Crippen molar-refractivity contribution in [2.24, 2.45) is 0 Å². The van der Waals surface area contributed by atoms with E-state index in [1.165, 1.54) is 97.6 Å². The maximum atomic E-state index is 2.39. The van der Waals surface area contributed by atoms with Crippen LogP contribution >= 0.6 is 11.3 Å². The summed E-state index contributed by atoms with van der Waals surface area (Å²) in [6.07, 6.45) is 0. The lowest BCUT2D eigenvalue weighted by Crippen LogP contribution is -2.28. The Balaban J connectivity index is 0.879. The van der Waals surface area contributed by atoms with E-state index in [1.807, 2.05) is 11.3 Å². The zero-order chi connectivity index (χ0) is 46.2. The summed E-state index contributed by atoms with van der Waals surface area (Å²) in [5.74, 6) is 0. The molecule has 0 N–H and O–H groups in total. The fraction of sp³-hybridized carbons (Fsp3) is 0.0149. The van der Waals surface area contributed by atoms with E-state index in [4.69, 9.17) is 0 Å². The molecule has 0 saturated heterocycles. The van der Waals surface area contributed by atoms with E-state index in [0.717, 1.165) is 22.7 Å². The summed E-state index contributed by atoms with van der Waals surface area (Å²) in [7, 11) is 0. The molecule has 14 rings (SSSR count). The van der Waals surface area contributed by atoms with Crippen molar-refractivity contribution in [2.75, 3.05) is 4.90 Å². The summed E-state index contributed by atoms with van der Waals surface area (Å²) >= 11 is 1.86. The van der Waals surface area contributed by atoms with Crippen LogP contribution in [0.1, 0.15) is 22.3 Å². The number of fused-ring (bicyclic) bond motifs is 9. The summed E-state index contributed by atoms with van der Waals surface area (Å²) in [5.41, 5.74) is 18.8. The molecule has 11 aromatic carbocycles. The first-order valence-corrected chi connectivity index (χ1v) is 24.9. The number of rotatable bonds is 8. The third-order valence-electron chi connectivity index (χ3n) is 14.7. The molecular formula is C67H44N2S. The highest BCUT2D eigenvalue weighted by molar-refractivity contribution is 7.25. The summed E-state index contributed by atoms with van der Waals surface area (Å²) < 4.78 is 5.04. The van der Waals surface area contributed by atoms with E-state index in [2.05, 4.69) is 276 Å². The van der Waals surface area contributed by atoms with Crippen LogP contribution < -0.4 is 4.90 Å². The molecule has 0 spiro atoms. The zero-order valence-corrected chi connectivity index (χ0v) is 39.0. The molecule has 0 unspecified atom stereocenters. The summed E-state index contributed by atoms with van der Waals surface area (Å²) in [6, 6.07) is 98.5. The second-order valence-corrected chi connectivity index (χ2v) is 19.5. The molecule has 0 bridgehead atoms. The molecule has 1 aliphatic rings. The molecule has 3 heteroatoms. The third-order valence-corrected chi connectivity index (χ3v) is 15.8. The summed E-state index contributed by atoms with van der Waals surface area (Å²) in [6.45, 7) is 0. The number of para-hydroxylation sites is 2. The van der Waals surface area contributed by atoms with E-state index in [1.54, 1.807) is 0 Å². The topological polar surface area (TPSA) is 8.17 Å². The number of benzene rings is 11. The van der Waals surface area contributed by atoms with Gasteiger partial charge >= 0.3 is 0 Å². The molecule has 2 nitrogen and oxygen atoms in total. The van der Waals surface area contributed by atoms with Crippen LogP contribution in [-0.4, -0.2) is 4.57 Å². The summed E-state index contributed by atoms with van der Waals surface area (Å²) in [5, 5.41) is 5.15. The molecule has 0 radical (unpaired) electrons. The molecule has 70 heavy (non-hydrogen) atoms. The Hall–Kier alpha value is -8.76. The van der Waals surface area contributed by atoms with Gasteiger partial charge in [0.05, 0.1) is 16.4 Å². The van der Waals surface area contributed by atoms with E-state index in [-0.39, 0.29) is 0 Å². The number of aromatic nitrogens is 1. The van der Waals surface area contributed by atoms with Gasteiger partial charge in [-0.3, -0.25) is 0 Å². The number of hydrogen-bond acceptors (Lipinski definition) is 2. The Morgan fingerprint density at radius 1 is 0.314 bits per heavy atom. The van der Waals surface area contributed by atoms with Crippen LogP contribution in [0.2, 0.25) is 0 Å². The van der Waals surface area contributed by atoms with Crippen LogP contribution in [0.3, 0.4) is 0 Å². The van der Waals surface area contributed by atoms with Crippen molar-refractivity contribution < 1.29 is 0 Å². The van der Waals surface area contributed by atoms with E-state index in [0.29, 0.717) is 0 Å². The molecule has 0 fully saturated rings. The molecule has 2 heterocycles. The maximum Gasteiger partial charge on any atom is 0.0713 e. The van der Waals surface area contributed by atoms with Crippen molar-refractivity contribution in [3.63, 3.8) is 0 Å². The fourth-order valence-electron chi connectivity index (χ4n) is 11.6. The van der Waals surface area contributed by atoms with E-state index in [9.17, 15) is 0 Å². The van der Waals surface area contributed by atoms with Crippen LogP contribution in [0.5, 0.6) is 0 Å². The molecule has 2 aromatic heterocycles. The normalized spacial score (nSPS) is 12.7. The van der Waals surface area contributed by atoms with Gasteiger partial charge in [0.2, 0.25) is 0 Å². The Kier molecular flexibility index (Phi) is 9.33. The van der Waals surface area contributed by atoms with Crippen molar-refractivity contribution >= 4 is 70.4 Å². The first-order chi connectivity index (χ1) is 34.7. The monoisotopic (exact) mass is 908 g/mol. The summed E-state index contributed by atoms with van der Waals surface area (Å²) in [4.78, 5) is 2.39. The second kappa shape index (κ2) is 16.2. The Morgan fingerprint density at radius 2 is 0.786 bits per heavy atom. The lowest BCUT2D eigenvalue weighted by molar-refractivity contribution is 0.768. The number of hydrogen-bond donors (Lipinski definition) is 0. The highest BCUT2D eigenvalue weighted by Crippen LogP contribution is 2.56. The second-order valence-electron chi connectivity index (χ2n) is 18.4. The van der Waals surface area contributed by atoms with Gasteiger partial charge in [0.1, 0.15) is 0 Å². The molecule has 13 aromatic rings. The molecule has 328 valence electrons. The van der Waals surface area contributed by atoms with Gasteiger partial charge in [-0.1, -0.05) is 182 Å². The van der Waals surface area contributed by atoms with Crippen LogP contribution in [0.4, 0.5) is 17.1 Å². The van der Waals surface area contributed by atoms with Crippen LogP contribution in [-0.2, 0) is 5.41 Å². The van der Waals surface area contributed by atoms with Gasteiger partial charge in [-0.25, -0.2) is 0 Å². The van der Waals surface area contributed by atoms with Crippen LogP contribution in [0.25, 0.3) is 81.0 Å². The highest BCUT2D eigenvalue weighted by Gasteiger charge is 2.45. The Labute approximate surface area is 411 Å². The first kappa shape index (κ1) is 40.3. The molecular weight excluding hydrogens is 865 g/mol. The average Bonchev–Trinajstić information content (AvgIpc) is 4.08. The van der Waals surface area contributed by atoms with Gasteiger partial charge in [-0.05, 0) is 141 Å². The quantitative estimate of drug-likeness (QED) is 0.147. The molecule has 0 atom stereocenters.